The summed E-state index contributed by atoms with van der Waals surface area (Å²) in [6.45, 7) is 6.22. The topological polar surface area (TPSA) is 95.4 Å². The van der Waals surface area contributed by atoms with Crippen molar-refractivity contribution >= 4 is 39.5 Å². The minimum atomic E-state index is -0.642. The van der Waals surface area contributed by atoms with Crippen molar-refractivity contribution in [3.63, 3.8) is 0 Å². The summed E-state index contributed by atoms with van der Waals surface area (Å²) in [4.78, 5) is 41.0. The van der Waals surface area contributed by atoms with E-state index in [1.54, 1.807) is 17.4 Å². The number of aryl methyl sites for hydroxylation is 2. The van der Waals surface area contributed by atoms with E-state index < -0.39 is 6.04 Å². The van der Waals surface area contributed by atoms with E-state index in [9.17, 15) is 9.59 Å². The molecule has 1 unspecified atom stereocenters. The Kier molecular flexibility index (Phi) is 9.82. The number of nitrogens with zero attached hydrogens (tertiary/aromatic N) is 5. The molecule has 0 spiro atoms. The molecule has 2 fully saturated rings. The highest BCUT2D eigenvalue weighted by Gasteiger charge is 2.41. The summed E-state index contributed by atoms with van der Waals surface area (Å²) in [5, 5.41) is 7.17. The summed E-state index contributed by atoms with van der Waals surface area (Å²) in [6, 6.07) is 7.49. The summed E-state index contributed by atoms with van der Waals surface area (Å²) in [6.07, 6.45) is 15.3. The summed E-state index contributed by atoms with van der Waals surface area (Å²) in [5.41, 5.74) is 4.33. The minimum Gasteiger partial charge on any atom is -0.354 e. The largest absolute Gasteiger partial charge is 0.354 e. The maximum atomic E-state index is 14.0. The lowest BCUT2D eigenvalue weighted by Crippen LogP contribution is -2.63. The van der Waals surface area contributed by atoms with Crippen LogP contribution >= 0.6 is 27.5 Å². The van der Waals surface area contributed by atoms with Gasteiger partial charge in [-0.2, -0.15) is 0 Å². The fourth-order valence-corrected chi connectivity index (χ4v) is 7.72. The molecule has 1 aromatic carbocycles. The fraction of sp³-hybridized carbons (Fsp3) is 0.529. The van der Waals surface area contributed by atoms with E-state index in [2.05, 4.69) is 73.1 Å². The van der Waals surface area contributed by atoms with Crippen LogP contribution in [0, 0.1) is 0 Å². The Morgan fingerprint density at radius 3 is 2.67 bits per heavy atom. The van der Waals surface area contributed by atoms with E-state index >= 15 is 0 Å². The molecule has 3 heterocycles. The van der Waals surface area contributed by atoms with Gasteiger partial charge in [0.25, 0.3) is 0 Å². The molecule has 11 heteroatoms. The molecule has 0 bridgehead atoms. The molecule has 3 aliphatic rings. The zero-order valence-corrected chi connectivity index (χ0v) is 28.5. The van der Waals surface area contributed by atoms with Crippen LogP contribution in [0.4, 0.5) is 4.79 Å². The maximum Gasteiger partial charge on any atom is 0.318 e. The van der Waals surface area contributed by atoms with Gasteiger partial charge >= 0.3 is 6.03 Å². The highest BCUT2D eigenvalue weighted by Crippen LogP contribution is 2.38. The maximum absolute atomic E-state index is 14.0. The van der Waals surface area contributed by atoms with Gasteiger partial charge in [0.1, 0.15) is 6.04 Å². The third kappa shape index (κ3) is 7.23. The first kappa shape index (κ1) is 32.0. The number of imidazole rings is 1. The average molecular weight is 697 g/mol. The van der Waals surface area contributed by atoms with E-state index in [1.165, 1.54) is 17.5 Å². The number of halogens is 2. The Morgan fingerprint density at radius 2 is 1.89 bits per heavy atom. The van der Waals surface area contributed by atoms with Gasteiger partial charge in [0.15, 0.2) is 0 Å². The first-order valence-electron chi connectivity index (χ1n) is 16.2. The molecule has 3 amide bonds. The average Bonchev–Trinajstić information content (AvgIpc) is 3.54. The first-order chi connectivity index (χ1) is 21.7. The standard InChI is InChI=1S/C34H43BrClN7O2/c1-34(2,42-15-14-37-22-42)12-13-38-32(44)29-21-41(16-17-43(29)33(45)40-27-6-4-3-5-7-27)31-28-11-10-26(36)19-23(28)8-9-24-18-25(35)20-39-30(24)31/h10-11,14-15,18-20,22,27,29,31H,3-9,12-13,16-17,21H2,1-2H3,(H,38,44)(H,40,45)/t29-,31?/m1/s1. The normalized spacial score (nSPS) is 21.0. The van der Waals surface area contributed by atoms with Crippen molar-refractivity contribution in [2.45, 2.75) is 88.9 Å². The second kappa shape index (κ2) is 13.8. The van der Waals surface area contributed by atoms with Crippen LogP contribution in [-0.2, 0) is 23.2 Å². The molecule has 1 saturated carbocycles. The number of rotatable bonds is 7. The molecule has 240 valence electrons. The summed E-state index contributed by atoms with van der Waals surface area (Å²) < 4.78 is 3.01. The van der Waals surface area contributed by atoms with Crippen molar-refractivity contribution < 1.29 is 9.59 Å². The Balaban J connectivity index is 1.27. The zero-order valence-electron chi connectivity index (χ0n) is 26.1. The molecular weight excluding hydrogens is 654 g/mol. The number of nitrogens with one attached hydrogen (secondary N) is 2. The number of urea groups is 1. The van der Waals surface area contributed by atoms with Gasteiger partial charge in [0.05, 0.1) is 18.1 Å². The number of amides is 3. The molecule has 2 aromatic heterocycles. The predicted octanol–water partition coefficient (Wildman–Crippen LogP) is 5.85. The predicted molar refractivity (Wildman–Crippen MR) is 179 cm³/mol. The Hall–Kier alpha value is -2.95. The number of benzene rings is 1. The molecule has 2 N–H and O–H groups in total. The lowest BCUT2D eigenvalue weighted by molar-refractivity contribution is -0.127. The molecule has 1 aliphatic heterocycles. The van der Waals surface area contributed by atoms with Crippen LogP contribution < -0.4 is 10.6 Å². The van der Waals surface area contributed by atoms with Crippen LogP contribution in [0.2, 0.25) is 5.02 Å². The van der Waals surface area contributed by atoms with Gasteiger partial charge in [0.2, 0.25) is 5.91 Å². The molecule has 3 aromatic rings. The van der Waals surface area contributed by atoms with Gasteiger partial charge in [-0.25, -0.2) is 9.78 Å². The molecule has 1 saturated heterocycles. The number of carbonyl (C=O) groups excluding carboxylic acids is 2. The van der Waals surface area contributed by atoms with Gasteiger partial charge in [0, 0.05) is 65.8 Å². The van der Waals surface area contributed by atoms with Crippen LogP contribution in [-0.4, -0.2) is 74.5 Å². The Morgan fingerprint density at radius 1 is 1.09 bits per heavy atom. The van der Waals surface area contributed by atoms with Crippen LogP contribution in [0.5, 0.6) is 0 Å². The Bertz CT molecular complexity index is 1450. The van der Waals surface area contributed by atoms with E-state index in [4.69, 9.17) is 16.6 Å². The fourth-order valence-electron chi connectivity index (χ4n) is 7.15. The van der Waals surface area contributed by atoms with Crippen LogP contribution in [0.25, 0.3) is 0 Å². The Labute approximate surface area is 279 Å². The van der Waals surface area contributed by atoms with Crippen molar-refractivity contribution in [1.29, 1.82) is 0 Å². The summed E-state index contributed by atoms with van der Waals surface area (Å²) in [7, 11) is 0. The molecule has 45 heavy (non-hydrogen) atoms. The van der Waals surface area contributed by atoms with Crippen molar-refractivity contribution in [3.05, 3.63) is 81.1 Å². The molecule has 2 aliphatic carbocycles. The van der Waals surface area contributed by atoms with E-state index in [1.807, 2.05) is 18.5 Å². The molecule has 9 nitrogen and oxygen atoms in total. The smallest absolute Gasteiger partial charge is 0.318 e. The van der Waals surface area contributed by atoms with Crippen molar-refractivity contribution in [2.75, 3.05) is 26.2 Å². The molecular formula is C34H43BrClN7O2. The van der Waals surface area contributed by atoms with Gasteiger partial charge in [-0.1, -0.05) is 36.9 Å². The van der Waals surface area contributed by atoms with E-state index in [0.29, 0.717) is 31.2 Å². The van der Waals surface area contributed by atoms with Crippen LogP contribution in [0.1, 0.15) is 80.8 Å². The molecule has 6 rings (SSSR count). The van der Waals surface area contributed by atoms with Crippen LogP contribution in [0.15, 0.2) is 53.7 Å². The van der Waals surface area contributed by atoms with Gasteiger partial charge in [-0.15, -0.1) is 0 Å². The number of fused-ring (bicyclic) bond motifs is 2. The van der Waals surface area contributed by atoms with E-state index in [0.717, 1.165) is 60.7 Å². The van der Waals surface area contributed by atoms with Gasteiger partial charge in [-0.05, 0) is 96.8 Å². The lowest BCUT2D eigenvalue weighted by Gasteiger charge is -2.44. The van der Waals surface area contributed by atoms with Crippen molar-refractivity contribution in [3.8, 4) is 0 Å². The number of carbonyl (C=O) groups is 2. The quantitative estimate of drug-likeness (QED) is 0.323. The number of aromatic nitrogens is 3. The molecule has 0 radical (unpaired) electrons. The minimum absolute atomic E-state index is 0.131. The van der Waals surface area contributed by atoms with Crippen LogP contribution in [0.3, 0.4) is 0 Å². The monoisotopic (exact) mass is 695 g/mol. The third-order valence-corrected chi connectivity index (χ3v) is 10.5. The van der Waals surface area contributed by atoms with E-state index in [-0.39, 0.29) is 29.6 Å². The zero-order chi connectivity index (χ0) is 31.6. The third-order valence-electron chi connectivity index (χ3n) is 9.80. The lowest BCUT2D eigenvalue weighted by atomic mass is 9.94. The second-order valence-corrected chi connectivity index (χ2v) is 14.6. The number of pyridine rings is 1. The number of hydrogen-bond donors (Lipinski definition) is 2. The highest BCUT2D eigenvalue weighted by atomic mass is 79.9. The summed E-state index contributed by atoms with van der Waals surface area (Å²) in [5.74, 6) is -0.131. The van der Waals surface area contributed by atoms with Crippen molar-refractivity contribution in [1.82, 2.24) is 35.0 Å². The molecule has 2 atom stereocenters. The first-order valence-corrected chi connectivity index (χ1v) is 17.4. The SMILES string of the molecule is CC(C)(CCNC(=O)[C@H]1CN(C2c3ccc(Cl)cc3CCc3cc(Br)cnc32)CCN1C(=O)NC1CCCCC1)n1ccnc1. The van der Waals surface area contributed by atoms with Gasteiger partial charge in [-0.3, -0.25) is 14.7 Å². The number of hydrogen-bond acceptors (Lipinski definition) is 5. The summed E-state index contributed by atoms with van der Waals surface area (Å²) >= 11 is 10.1. The second-order valence-electron chi connectivity index (χ2n) is 13.3. The number of piperazine rings is 1. The highest BCUT2D eigenvalue weighted by molar-refractivity contribution is 9.10. The van der Waals surface area contributed by atoms with Crippen molar-refractivity contribution in [2.24, 2.45) is 0 Å². The van der Waals surface area contributed by atoms with Gasteiger partial charge < -0.3 is 20.1 Å².